The summed E-state index contributed by atoms with van der Waals surface area (Å²) in [6.07, 6.45) is 2.33. The molecule has 2 aromatic heterocycles. The zero-order valence-electron chi connectivity index (χ0n) is 9.15. The number of carbonyl (C=O) groups excluding carboxylic acids is 1. The molecule has 0 amide bonds. The normalized spacial score (nSPS) is 10.4. The van der Waals surface area contributed by atoms with Crippen LogP contribution in [0.15, 0.2) is 28.2 Å². The van der Waals surface area contributed by atoms with Gasteiger partial charge in [-0.15, -0.1) is 11.3 Å². The van der Waals surface area contributed by atoms with Gasteiger partial charge in [0, 0.05) is 16.9 Å². The van der Waals surface area contributed by atoms with Gasteiger partial charge < -0.3 is 9.15 Å². The third-order valence-electron chi connectivity index (χ3n) is 2.39. The van der Waals surface area contributed by atoms with Crippen LogP contribution >= 0.6 is 11.3 Å². The molecule has 0 bridgehead atoms. The van der Waals surface area contributed by atoms with Gasteiger partial charge in [0.25, 0.3) is 0 Å². The van der Waals surface area contributed by atoms with Crippen LogP contribution in [0.3, 0.4) is 0 Å². The maximum absolute atomic E-state index is 11.6. The Morgan fingerprint density at radius 1 is 1.56 bits per heavy atom. The fraction of sp³-hybridized carbons (Fsp3) is 0.250. The van der Waals surface area contributed by atoms with E-state index in [0.717, 1.165) is 5.56 Å². The van der Waals surface area contributed by atoms with Crippen LogP contribution in [0, 0.1) is 6.92 Å². The highest BCUT2D eigenvalue weighted by Crippen LogP contribution is 2.22. The van der Waals surface area contributed by atoms with E-state index in [9.17, 15) is 4.79 Å². The van der Waals surface area contributed by atoms with Crippen molar-refractivity contribution in [1.29, 1.82) is 0 Å². The van der Waals surface area contributed by atoms with Crippen molar-refractivity contribution >= 4 is 17.3 Å². The SMILES string of the molecule is COC(=O)c1c(Cc2cccs2)coc1C. The Hall–Kier alpha value is -1.55. The van der Waals surface area contributed by atoms with Gasteiger partial charge in [-0.25, -0.2) is 4.79 Å². The zero-order valence-corrected chi connectivity index (χ0v) is 9.97. The molecule has 0 fully saturated rings. The van der Waals surface area contributed by atoms with Gasteiger partial charge in [-0.1, -0.05) is 6.07 Å². The van der Waals surface area contributed by atoms with Crippen molar-refractivity contribution in [2.24, 2.45) is 0 Å². The summed E-state index contributed by atoms with van der Waals surface area (Å²) in [5.41, 5.74) is 1.43. The highest BCUT2D eigenvalue weighted by molar-refractivity contribution is 7.09. The highest BCUT2D eigenvalue weighted by atomic mass is 32.1. The molecule has 2 heterocycles. The standard InChI is InChI=1S/C12H12O3S/c1-8-11(12(13)14-2)9(7-15-8)6-10-4-3-5-16-10/h3-5,7H,6H2,1-2H3. The van der Waals surface area contributed by atoms with Crippen LogP contribution in [0.5, 0.6) is 0 Å². The highest BCUT2D eigenvalue weighted by Gasteiger charge is 2.18. The fourth-order valence-electron chi connectivity index (χ4n) is 1.61. The number of furan rings is 1. The molecule has 16 heavy (non-hydrogen) atoms. The first-order chi connectivity index (χ1) is 7.72. The minimum Gasteiger partial charge on any atom is -0.468 e. The van der Waals surface area contributed by atoms with Crippen LogP contribution < -0.4 is 0 Å². The van der Waals surface area contributed by atoms with E-state index < -0.39 is 0 Å². The molecule has 2 rings (SSSR count). The molecule has 0 aliphatic carbocycles. The van der Waals surface area contributed by atoms with Crippen LogP contribution in [-0.4, -0.2) is 13.1 Å². The summed E-state index contributed by atoms with van der Waals surface area (Å²) in [6, 6.07) is 4.03. The van der Waals surface area contributed by atoms with Crippen LogP contribution in [0.25, 0.3) is 0 Å². The Bertz CT molecular complexity index is 482. The summed E-state index contributed by atoms with van der Waals surface area (Å²) in [7, 11) is 1.38. The van der Waals surface area contributed by atoms with E-state index in [2.05, 4.69) is 0 Å². The first-order valence-corrected chi connectivity index (χ1v) is 5.78. The van der Waals surface area contributed by atoms with Gasteiger partial charge in [0.1, 0.15) is 11.3 Å². The van der Waals surface area contributed by atoms with E-state index in [1.807, 2.05) is 17.5 Å². The largest absolute Gasteiger partial charge is 0.468 e. The maximum atomic E-state index is 11.6. The molecule has 0 N–H and O–H groups in total. The summed E-state index contributed by atoms with van der Waals surface area (Å²) >= 11 is 1.66. The number of ether oxygens (including phenoxy) is 1. The molecule has 4 heteroatoms. The Balaban J connectivity index is 2.31. The number of thiophene rings is 1. The van der Waals surface area contributed by atoms with Crippen molar-refractivity contribution in [3.63, 3.8) is 0 Å². The number of rotatable bonds is 3. The molecule has 0 spiro atoms. The lowest BCUT2D eigenvalue weighted by molar-refractivity contribution is 0.0598. The molecule has 0 unspecified atom stereocenters. The Kier molecular flexibility index (Phi) is 3.10. The van der Waals surface area contributed by atoms with Gasteiger partial charge in [0.2, 0.25) is 0 Å². The van der Waals surface area contributed by atoms with Gasteiger partial charge in [0.15, 0.2) is 0 Å². The van der Waals surface area contributed by atoms with Crippen molar-refractivity contribution in [2.45, 2.75) is 13.3 Å². The van der Waals surface area contributed by atoms with Gasteiger partial charge in [-0.3, -0.25) is 0 Å². The van der Waals surface area contributed by atoms with Gasteiger partial charge >= 0.3 is 5.97 Å². The third kappa shape index (κ3) is 2.02. The molecule has 0 aliphatic heterocycles. The van der Waals surface area contributed by atoms with Crippen LogP contribution in [-0.2, 0) is 11.2 Å². The number of aryl methyl sites for hydroxylation is 1. The number of carbonyl (C=O) groups is 1. The Morgan fingerprint density at radius 2 is 2.38 bits per heavy atom. The van der Waals surface area contributed by atoms with Crippen molar-refractivity contribution < 1.29 is 13.9 Å². The molecule has 0 aromatic carbocycles. The zero-order chi connectivity index (χ0) is 11.5. The van der Waals surface area contributed by atoms with Crippen LogP contribution in [0.1, 0.15) is 26.6 Å². The van der Waals surface area contributed by atoms with Gasteiger partial charge in [-0.05, 0) is 18.4 Å². The molecule has 0 atom stereocenters. The Labute approximate surface area is 97.7 Å². The van der Waals surface area contributed by atoms with E-state index in [1.54, 1.807) is 24.5 Å². The second-order valence-corrected chi connectivity index (χ2v) is 4.47. The molecule has 0 radical (unpaired) electrons. The number of esters is 1. The minimum absolute atomic E-state index is 0.335. The number of methoxy groups -OCH3 is 1. The first-order valence-electron chi connectivity index (χ1n) is 4.90. The predicted octanol–water partition coefficient (Wildman–Crippen LogP) is 3.03. The van der Waals surface area contributed by atoms with Crippen molar-refractivity contribution in [2.75, 3.05) is 7.11 Å². The van der Waals surface area contributed by atoms with Crippen molar-refractivity contribution in [3.05, 3.63) is 45.5 Å². The molecule has 0 saturated heterocycles. The molecular weight excluding hydrogens is 224 g/mol. The lowest BCUT2D eigenvalue weighted by Gasteiger charge is -2.00. The van der Waals surface area contributed by atoms with E-state index in [1.165, 1.54) is 12.0 Å². The topological polar surface area (TPSA) is 39.4 Å². The molecule has 84 valence electrons. The van der Waals surface area contributed by atoms with Gasteiger partial charge in [0.05, 0.1) is 13.4 Å². The lowest BCUT2D eigenvalue weighted by Crippen LogP contribution is -2.05. The van der Waals surface area contributed by atoms with Crippen molar-refractivity contribution in [3.8, 4) is 0 Å². The third-order valence-corrected chi connectivity index (χ3v) is 3.26. The second-order valence-electron chi connectivity index (χ2n) is 3.44. The summed E-state index contributed by atoms with van der Waals surface area (Å²) in [5, 5.41) is 2.01. The monoisotopic (exact) mass is 236 g/mol. The van der Waals surface area contributed by atoms with Gasteiger partial charge in [-0.2, -0.15) is 0 Å². The summed E-state index contributed by atoms with van der Waals surface area (Å²) in [5.74, 6) is 0.274. The van der Waals surface area contributed by atoms with E-state index in [-0.39, 0.29) is 5.97 Å². The summed E-state index contributed by atoms with van der Waals surface area (Å²) < 4.78 is 10.0. The lowest BCUT2D eigenvalue weighted by atomic mass is 10.1. The molecule has 3 nitrogen and oxygen atoms in total. The average Bonchev–Trinajstić information content (AvgIpc) is 2.89. The van der Waals surface area contributed by atoms with Crippen LogP contribution in [0.2, 0.25) is 0 Å². The first kappa shape index (κ1) is 11.0. The average molecular weight is 236 g/mol. The molecule has 0 aliphatic rings. The quantitative estimate of drug-likeness (QED) is 0.769. The summed E-state index contributed by atoms with van der Waals surface area (Å²) in [4.78, 5) is 12.8. The smallest absolute Gasteiger partial charge is 0.341 e. The Morgan fingerprint density at radius 3 is 3.00 bits per heavy atom. The number of hydrogen-bond donors (Lipinski definition) is 0. The summed E-state index contributed by atoms with van der Waals surface area (Å²) in [6.45, 7) is 1.77. The van der Waals surface area contributed by atoms with E-state index in [0.29, 0.717) is 17.7 Å². The maximum Gasteiger partial charge on any atom is 0.341 e. The second kappa shape index (κ2) is 4.53. The van der Waals surface area contributed by atoms with E-state index >= 15 is 0 Å². The van der Waals surface area contributed by atoms with E-state index in [4.69, 9.17) is 9.15 Å². The molecular formula is C12H12O3S. The predicted molar refractivity (Wildman–Crippen MR) is 61.9 cm³/mol. The van der Waals surface area contributed by atoms with Crippen LogP contribution in [0.4, 0.5) is 0 Å². The van der Waals surface area contributed by atoms with Crippen molar-refractivity contribution in [1.82, 2.24) is 0 Å². The molecule has 0 saturated carbocycles. The molecule has 2 aromatic rings. The fourth-order valence-corrected chi connectivity index (χ4v) is 2.34. The minimum atomic E-state index is -0.335. The number of hydrogen-bond acceptors (Lipinski definition) is 4.